The van der Waals surface area contributed by atoms with Crippen LogP contribution in [0.4, 0.5) is 17.6 Å². The molecule has 2 aromatic carbocycles. The Labute approximate surface area is 107 Å². The maximum Gasteiger partial charge on any atom is 0.416 e. The minimum absolute atomic E-state index is 0.104. The van der Waals surface area contributed by atoms with E-state index in [1.54, 1.807) is 0 Å². The molecule has 0 amide bonds. The van der Waals surface area contributed by atoms with Crippen LogP contribution in [0.15, 0.2) is 42.5 Å². The second kappa shape index (κ2) is 4.91. The minimum Gasteiger partial charge on any atom is -0.497 e. The fourth-order valence-electron chi connectivity index (χ4n) is 1.72. The van der Waals surface area contributed by atoms with Crippen LogP contribution in [0.25, 0.3) is 11.1 Å². The van der Waals surface area contributed by atoms with E-state index in [0.29, 0.717) is 5.75 Å². The summed E-state index contributed by atoms with van der Waals surface area (Å²) in [7, 11) is 1.39. The molecule has 0 spiro atoms. The number of alkyl halides is 3. The Hall–Kier alpha value is -2.04. The van der Waals surface area contributed by atoms with Gasteiger partial charge in [0.1, 0.15) is 11.6 Å². The molecule has 0 aliphatic rings. The van der Waals surface area contributed by atoms with Crippen LogP contribution in [0.2, 0.25) is 0 Å². The third-order valence-corrected chi connectivity index (χ3v) is 2.68. The minimum atomic E-state index is -4.45. The van der Waals surface area contributed by atoms with Crippen molar-refractivity contribution in [3.63, 3.8) is 0 Å². The maximum atomic E-state index is 13.8. The summed E-state index contributed by atoms with van der Waals surface area (Å²) in [5.74, 6) is -0.313. The molecule has 100 valence electrons. The van der Waals surface area contributed by atoms with Gasteiger partial charge < -0.3 is 4.74 Å². The van der Waals surface area contributed by atoms with Gasteiger partial charge in [0, 0.05) is 11.6 Å². The van der Waals surface area contributed by atoms with Crippen molar-refractivity contribution in [3.8, 4) is 16.9 Å². The Balaban J connectivity index is 2.48. The zero-order chi connectivity index (χ0) is 14.0. The highest BCUT2D eigenvalue weighted by Gasteiger charge is 2.30. The molecule has 0 bridgehead atoms. The summed E-state index contributed by atoms with van der Waals surface area (Å²) in [6, 6.07) is 8.58. The number of halogens is 4. The molecule has 5 heteroatoms. The molecule has 2 rings (SSSR count). The van der Waals surface area contributed by atoms with E-state index in [9.17, 15) is 17.6 Å². The van der Waals surface area contributed by atoms with E-state index >= 15 is 0 Å². The first-order chi connectivity index (χ1) is 8.91. The summed E-state index contributed by atoms with van der Waals surface area (Å²) in [6.45, 7) is 0. The summed E-state index contributed by atoms with van der Waals surface area (Å²) < 4.78 is 56.4. The quantitative estimate of drug-likeness (QED) is 0.729. The summed E-state index contributed by atoms with van der Waals surface area (Å²) in [5, 5.41) is 0. The van der Waals surface area contributed by atoms with Crippen molar-refractivity contribution in [1.29, 1.82) is 0 Å². The Kier molecular flexibility index (Phi) is 3.46. The van der Waals surface area contributed by atoms with Crippen LogP contribution >= 0.6 is 0 Å². The molecule has 0 N–H and O–H groups in total. The normalized spacial score (nSPS) is 11.4. The summed E-state index contributed by atoms with van der Waals surface area (Å²) in [5.41, 5.74) is -0.526. The first kappa shape index (κ1) is 13.4. The average Bonchev–Trinajstić information content (AvgIpc) is 2.37. The Morgan fingerprint density at radius 1 is 1.00 bits per heavy atom. The van der Waals surface area contributed by atoms with Crippen LogP contribution in [0.1, 0.15) is 5.56 Å². The lowest BCUT2D eigenvalue weighted by Gasteiger charge is -2.10. The topological polar surface area (TPSA) is 9.23 Å². The molecule has 2 aromatic rings. The van der Waals surface area contributed by atoms with Crippen LogP contribution < -0.4 is 4.74 Å². The highest BCUT2D eigenvalue weighted by atomic mass is 19.4. The highest BCUT2D eigenvalue weighted by Crippen LogP contribution is 2.33. The van der Waals surface area contributed by atoms with Crippen molar-refractivity contribution in [2.75, 3.05) is 7.11 Å². The zero-order valence-electron chi connectivity index (χ0n) is 9.96. The molecule has 0 radical (unpaired) electrons. The molecular formula is C14H10F4O. The zero-order valence-corrected chi connectivity index (χ0v) is 9.96. The van der Waals surface area contributed by atoms with Crippen LogP contribution in [0.3, 0.4) is 0 Å². The number of hydrogen-bond donors (Lipinski definition) is 0. The predicted molar refractivity (Wildman–Crippen MR) is 63.4 cm³/mol. The lowest BCUT2D eigenvalue weighted by atomic mass is 10.0. The number of rotatable bonds is 2. The van der Waals surface area contributed by atoms with Crippen molar-refractivity contribution >= 4 is 0 Å². The van der Waals surface area contributed by atoms with Gasteiger partial charge in [0.15, 0.2) is 0 Å². The van der Waals surface area contributed by atoms with Crippen molar-refractivity contribution in [1.82, 2.24) is 0 Å². The molecule has 0 unspecified atom stereocenters. The van der Waals surface area contributed by atoms with Gasteiger partial charge in [-0.05, 0) is 29.8 Å². The molecule has 0 saturated heterocycles. The third-order valence-electron chi connectivity index (χ3n) is 2.68. The van der Waals surface area contributed by atoms with E-state index in [4.69, 9.17) is 4.74 Å². The maximum absolute atomic E-state index is 13.8. The smallest absolute Gasteiger partial charge is 0.416 e. The molecule has 0 aliphatic carbocycles. The molecule has 0 atom stereocenters. The van der Waals surface area contributed by atoms with Gasteiger partial charge in [0.05, 0.1) is 12.7 Å². The van der Waals surface area contributed by atoms with Gasteiger partial charge in [-0.2, -0.15) is 13.2 Å². The lowest BCUT2D eigenvalue weighted by Crippen LogP contribution is -2.04. The van der Waals surface area contributed by atoms with Crippen molar-refractivity contribution in [2.45, 2.75) is 6.18 Å². The van der Waals surface area contributed by atoms with E-state index in [1.165, 1.54) is 31.4 Å². The van der Waals surface area contributed by atoms with E-state index in [0.717, 1.165) is 18.2 Å². The molecule has 0 heterocycles. The summed E-state index contributed by atoms with van der Waals surface area (Å²) >= 11 is 0. The number of benzene rings is 2. The molecule has 0 aliphatic heterocycles. The SMILES string of the molecule is COc1ccc(-c2cccc(C(F)(F)F)c2)c(F)c1. The Morgan fingerprint density at radius 3 is 2.32 bits per heavy atom. The van der Waals surface area contributed by atoms with Crippen LogP contribution in [-0.2, 0) is 6.18 Å². The predicted octanol–water partition coefficient (Wildman–Crippen LogP) is 4.52. The first-order valence-electron chi connectivity index (χ1n) is 5.43. The highest BCUT2D eigenvalue weighted by molar-refractivity contribution is 5.65. The Morgan fingerprint density at radius 2 is 1.74 bits per heavy atom. The van der Waals surface area contributed by atoms with Crippen molar-refractivity contribution in [3.05, 3.63) is 53.8 Å². The number of methoxy groups -OCH3 is 1. The van der Waals surface area contributed by atoms with E-state index in [1.807, 2.05) is 0 Å². The third kappa shape index (κ3) is 2.86. The lowest BCUT2D eigenvalue weighted by molar-refractivity contribution is -0.137. The molecule has 0 aromatic heterocycles. The van der Waals surface area contributed by atoms with Crippen LogP contribution in [0, 0.1) is 5.82 Å². The monoisotopic (exact) mass is 270 g/mol. The standard InChI is InChI=1S/C14H10F4O/c1-19-11-5-6-12(13(15)8-11)9-3-2-4-10(7-9)14(16,17)18/h2-8H,1H3. The van der Waals surface area contributed by atoms with Gasteiger partial charge in [-0.3, -0.25) is 0 Å². The Bertz CT molecular complexity index is 590. The largest absolute Gasteiger partial charge is 0.497 e. The fourth-order valence-corrected chi connectivity index (χ4v) is 1.72. The van der Waals surface area contributed by atoms with E-state index in [-0.39, 0.29) is 11.1 Å². The van der Waals surface area contributed by atoms with Crippen LogP contribution in [0.5, 0.6) is 5.75 Å². The van der Waals surface area contributed by atoms with Gasteiger partial charge >= 0.3 is 6.18 Å². The second-order valence-electron chi connectivity index (χ2n) is 3.92. The van der Waals surface area contributed by atoms with Crippen molar-refractivity contribution in [2.24, 2.45) is 0 Å². The van der Waals surface area contributed by atoms with E-state index < -0.39 is 17.6 Å². The number of hydrogen-bond acceptors (Lipinski definition) is 1. The first-order valence-corrected chi connectivity index (χ1v) is 5.43. The average molecular weight is 270 g/mol. The van der Waals surface area contributed by atoms with Gasteiger partial charge in [-0.1, -0.05) is 12.1 Å². The van der Waals surface area contributed by atoms with Crippen LogP contribution in [-0.4, -0.2) is 7.11 Å². The van der Waals surface area contributed by atoms with Crippen molar-refractivity contribution < 1.29 is 22.3 Å². The molecule has 19 heavy (non-hydrogen) atoms. The second-order valence-corrected chi connectivity index (χ2v) is 3.92. The fraction of sp³-hybridized carbons (Fsp3) is 0.143. The van der Waals surface area contributed by atoms with Gasteiger partial charge in [0.2, 0.25) is 0 Å². The summed E-state index contributed by atoms with van der Waals surface area (Å²) in [6.07, 6.45) is -4.45. The molecule has 0 saturated carbocycles. The number of ether oxygens (including phenoxy) is 1. The summed E-state index contributed by atoms with van der Waals surface area (Å²) in [4.78, 5) is 0. The van der Waals surface area contributed by atoms with Gasteiger partial charge in [-0.25, -0.2) is 4.39 Å². The molecular weight excluding hydrogens is 260 g/mol. The van der Waals surface area contributed by atoms with Gasteiger partial charge in [-0.15, -0.1) is 0 Å². The van der Waals surface area contributed by atoms with Gasteiger partial charge in [0.25, 0.3) is 0 Å². The molecule has 1 nitrogen and oxygen atoms in total. The molecule has 0 fully saturated rings. The van der Waals surface area contributed by atoms with E-state index in [2.05, 4.69) is 0 Å².